The third kappa shape index (κ3) is 5.01. The monoisotopic (exact) mass is 382 g/mol. The molecule has 26 heavy (non-hydrogen) atoms. The molecule has 1 saturated heterocycles. The predicted octanol–water partition coefficient (Wildman–Crippen LogP) is 1.91. The molecule has 0 aliphatic carbocycles. The van der Waals surface area contributed by atoms with Gasteiger partial charge in [-0.1, -0.05) is 23.7 Å². The molecular weight excluding hydrogens is 360 g/mol. The molecule has 2 atom stereocenters. The zero-order valence-corrected chi connectivity index (χ0v) is 15.5. The second-order valence-corrected chi connectivity index (χ2v) is 6.28. The number of hydrazine groups is 1. The molecule has 1 unspecified atom stereocenters. The quantitative estimate of drug-likeness (QED) is 0.515. The van der Waals surface area contributed by atoms with Crippen molar-refractivity contribution in [3.05, 3.63) is 29.3 Å². The highest BCUT2D eigenvalue weighted by Crippen LogP contribution is 2.20. The minimum atomic E-state index is -0.784. The van der Waals surface area contributed by atoms with Crippen molar-refractivity contribution in [3.8, 4) is 0 Å². The third-order valence-electron chi connectivity index (χ3n) is 3.99. The Balaban J connectivity index is 1.91. The molecule has 1 aliphatic rings. The summed E-state index contributed by atoms with van der Waals surface area (Å²) in [6.45, 7) is 3.91. The Morgan fingerprint density at radius 3 is 2.77 bits per heavy atom. The summed E-state index contributed by atoms with van der Waals surface area (Å²) in [6.07, 6.45) is 1.24. The van der Waals surface area contributed by atoms with Crippen LogP contribution in [0, 0.1) is 0 Å². The number of halogens is 1. The van der Waals surface area contributed by atoms with E-state index in [1.54, 1.807) is 38.1 Å². The predicted molar refractivity (Wildman–Crippen MR) is 97.6 cm³/mol. The number of ether oxygens (including phenoxy) is 1. The number of rotatable bonds is 6. The number of amides is 3. The number of urea groups is 1. The summed E-state index contributed by atoms with van der Waals surface area (Å²) in [7, 11) is 0. The van der Waals surface area contributed by atoms with Gasteiger partial charge < -0.3 is 15.0 Å². The SMILES string of the molecule is CCOC(=O)[C@H](C)NC(=O)N1CCCC1C(=O)NNc1ccccc1Cl. The summed E-state index contributed by atoms with van der Waals surface area (Å²) in [5.41, 5.74) is 5.90. The van der Waals surface area contributed by atoms with Crippen LogP contribution in [0.25, 0.3) is 0 Å². The fraction of sp³-hybridized carbons (Fsp3) is 0.471. The first kappa shape index (κ1) is 19.8. The molecule has 3 N–H and O–H groups in total. The number of carbonyl (C=O) groups is 3. The van der Waals surface area contributed by atoms with Gasteiger partial charge in [0.15, 0.2) is 0 Å². The molecule has 2 rings (SSSR count). The zero-order valence-electron chi connectivity index (χ0n) is 14.8. The van der Waals surface area contributed by atoms with E-state index in [0.29, 0.717) is 30.1 Å². The largest absolute Gasteiger partial charge is 0.464 e. The Bertz CT molecular complexity index is 670. The normalized spacial score (nSPS) is 17.3. The van der Waals surface area contributed by atoms with Crippen molar-refractivity contribution < 1.29 is 19.1 Å². The number of esters is 1. The number of anilines is 1. The number of carbonyl (C=O) groups excluding carboxylic acids is 3. The number of benzene rings is 1. The molecule has 142 valence electrons. The molecule has 1 fully saturated rings. The summed E-state index contributed by atoms with van der Waals surface area (Å²) in [5.74, 6) is -0.859. The molecule has 1 aromatic carbocycles. The van der Waals surface area contributed by atoms with E-state index in [4.69, 9.17) is 16.3 Å². The first-order valence-corrected chi connectivity index (χ1v) is 8.86. The van der Waals surface area contributed by atoms with Crippen LogP contribution in [0.4, 0.5) is 10.5 Å². The van der Waals surface area contributed by atoms with Crippen LogP contribution in [0.1, 0.15) is 26.7 Å². The summed E-state index contributed by atoms with van der Waals surface area (Å²) in [4.78, 5) is 37.9. The van der Waals surface area contributed by atoms with Crippen LogP contribution in [-0.4, -0.2) is 48.0 Å². The van der Waals surface area contributed by atoms with E-state index < -0.39 is 24.1 Å². The van der Waals surface area contributed by atoms with Crippen molar-refractivity contribution in [1.29, 1.82) is 0 Å². The Labute approximate surface area is 157 Å². The Morgan fingerprint density at radius 1 is 1.35 bits per heavy atom. The van der Waals surface area contributed by atoms with Crippen molar-refractivity contribution in [1.82, 2.24) is 15.6 Å². The minimum absolute atomic E-state index is 0.238. The summed E-state index contributed by atoms with van der Waals surface area (Å²) in [6, 6.07) is 5.11. The van der Waals surface area contributed by atoms with Crippen LogP contribution in [-0.2, 0) is 14.3 Å². The van der Waals surface area contributed by atoms with Crippen molar-refractivity contribution in [2.45, 2.75) is 38.8 Å². The number of hydrogen-bond donors (Lipinski definition) is 3. The smallest absolute Gasteiger partial charge is 0.328 e. The number of para-hydroxylation sites is 1. The van der Waals surface area contributed by atoms with E-state index in [1.807, 2.05) is 0 Å². The van der Waals surface area contributed by atoms with Gasteiger partial charge in [0.05, 0.1) is 17.3 Å². The molecule has 0 spiro atoms. The lowest BCUT2D eigenvalue weighted by molar-refractivity contribution is -0.144. The molecule has 1 heterocycles. The maximum absolute atomic E-state index is 12.4. The summed E-state index contributed by atoms with van der Waals surface area (Å²) >= 11 is 6.03. The molecule has 1 aromatic rings. The van der Waals surface area contributed by atoms with Crippen LogP contribution < -0.4 is 16.2 Å². The zero-order chi connectivity index (χ0) is 19.1. The lowest BCUT2D eigenvalue weighted by atomic mass is 10.2. The molecular formula is C17H23ClN4O4. The van der Waals surface area contributed by atoms with Gasteiger partial charge in [-0.25, -0.2) is 9.59 Å². The number of nitrogens with one attached hydrogen (secondary N) is 3. The third-order valence-corrected chi connectivity index (χ3v) is 4.32. The van der Waals surface area contributed by atoms with Gasteiger partial charge in [-0.05, 0) is 38.8 Å². The molecule has 9 heteroatoms. The van der Waals surface area contributed by atoms with Crippen molar-refractivity contribution in [2.75, 3.05) is 18.6 Å². The molecule has 0 radical (unpaired) electrons. The van der Waals surface area contributed by atoms with Gasteiger partial charge >= 0.3 is 12.0 Å². The van der Waals surface area contributed by atoms with E-state index in [-0.39, 0.29) is 12.5 Å². The van der Waals surface area contributed by atoms with Crippen LogP contribution in [0.5, 0.6) is 0 Å². The summed E-state index contributed by atoms with van der Waals surface area (Å²) in [5, 5.41) is 3.03. The Kier molecular flexibility index (Phi) is 7.08. The fourth-order valence-corrected chi connectivity index (χ4v) is 2.83. The average molecular weight is 383 g/mol. The Morgan fingerprint density at radius 2 is 2.08 bits per heavy atom. The van der Waals surface area contributed by atoms with Gasteiger partial charge in [0.1, 0.15) is 12.1 Å². The standard InChI is InChI=1S/C17H23ClN4O4/c1-3-26-16(24)11(2)19-17(25)22-10-6-9-14(22)15(23)21-20-13-8-5-4-7-12(13)18/h4-5,7-8,11,14,20H,3,6,9-10H2,1-2H3,(H,19,25)(H,21,23)/t11-,14?/m0/s1. The Hall–Kier alpha value is -2.48. The van der Waals surface area contributed by atoms with E-state index in [2.05, 4.69) is 16.2 Å². The maximum Gasteiger partial charge on any atom is 0.328 e. The summed E-state index contributed by atoms with van der Waals surface area (Å²) < 4.78 is 4.87. The van der Waals surface area contributed by atoms with Crippen LogP contribution >= 0.6 is 11.6 Å². The van der Waals surface area contributed by atoms with Crippen molar-refractivity contribution in [2.24, 2.45) is 0 Å². The van der Waals surface area contributed by atoms with Gasteiger partial charge in [0, 0.05) is 6.54 Å². The van der Waals surface area contributed by atoms with Gasteiger partial charge in [-0.15, -0.1) is 0 Å². The molecule has 0 saturated carbocycles. The van der Waals surface area contributed by atoms with Crippen LogP contribution in [0.15, 0.2) is 24.3 Å². The second kappa shape index (κ2) is 9.28. The van der Waals surface area contributed by atoms with E-state index in [1.165, 1.54) is 4.90 Å². The second-order valence-electron chi connectivity index (χ2n) is 5.87. The highest BCUT2D eigenvalue weighted by molar-refractivity contribution is 6.33. The number of likely N-dealkylation sites (tertiary alicyclic amines) is 1. The van der Waals surface area contributed by atoms with Crippen molar-refractivity contribution in [3.63, 3.8) is 0 Å². The van der Waals surface area contributed by atoms with Crippen molar-refractivity contribution >= 4 is 35.2 Å². The van der Waals surface area contributed by atoms with Crippen LogP contribution in [0.3, 0.4) is 0 Å². The molecule has 0 bridgehead atoms. The molecule has 0 aromatic heterocycles. The van der Waals surface area contributed by atoms with Gasteiger partial charge in [0.2, 0.25) is 0 Å². The van der Waals surface area contributed by atoms with Gasteiger partial charge in [-0.2, -0.15) is 0 Å². The maximum atomic E-state index is 12.4. The average Bonchev–Trinajstić information content (AvgIpc) is 3.11. The number of nitrogens with zero attached hydrogens (tertiary/aromatic N) is 1. The highest BCUT2D eigenvalue weighted by Gasteiger charge is 2.35. The van der Waals surface area contributed by atoms with E-state index in [0.717, 1.165) is 0 Å². The van der Waals surface area contributed by atoms with E-state index >= 15 is 0 Å². The highest BCUT2D eigenvalue weighted by atomic mass is 35.5. The van der Waals surface area contributed by atoms with Gasteiger partial charge in [-0.3, -0.25) is 15.6 Å². The topological polar surface area (TPSA) is 99.8 Å². The van der Waals surface area contributed by atoms with Crippen LogP contribution in [0.2, 0.25) is 5.02 Å². The lowest BCUT2D eigenvalue weighted by Gasteiger charge is -2.25. The van der Waals surface area contributed by atoms with Gasteiger partial charge in [0.25, 0.3) is 5.91 Å². The fourth-order valence-electron chi connectivity index (χ4n) is 2.65. The molecule has 8 nitrogen and oxygen atoms in total. The molecule has 1 aliphatic heterocycles. The number of hydrogen-bond acceptors (Lipinski definition) is 5. The van der Waals surface area contributed by atoms with E-state index in [9.17, 15) is 14.4 Å². The minimum Gasteiger partial charge on any atom is -0.464 e. The first-order chi connectivity index (χ1) is 12.4. The lowest BCUT2D eigenvalue weighted by Crippen LogP contribution is -2.53. The first-order valence-electron chi connectivity index (χ1n) is 8.48. The molecule has 3 amide bonds.